The normalized spacial score (nSPS) is 18.0. The van der Waals surface area contributed by atoms with Crippen LogP contribution in [-0.4, -0.2) is 73.0 Å². The van der Waals surface area contributed by atoms with Crippen molar-refractivity contribution in [1.82, 2.24) is 28.7 Å². The molecule has 0 spiro atoms. The molecular formula is C28H34N6O3S. The zero-order valence-corrected chi connectivity index (χ0v) is 22.6. The largest absolute Gasteiger partial charge is 0.467 e. The molecule has 2 saturated heterocycles. The Morgan fingerprint density at radius 2 is 1.95 bits per heavy atom. The molecule has 1 amide bonds. The Morgan fingerprint density at radius 3 is 2.68 bits per heavy atom. The molecule has 6 heterocycles. The van der Waals surface area contributed by atoms with Gasteiger partial charge in [-0.05, 0) is 50.3 Å². The molecule has 4 aromatic rings. The van der Waals surface area contributed by atoms with Gasteiger partial charge in [0.1, 0.15) is 23.1 Å². The summed E-state index contributed by atoms with van der Waals surface area (Å²) in [5, 5.41) is 3.21. The zero-order chi connectivity index (χ0) is 26.1. The molecule has 200 valence electrons. The molecule has 0 radical (unpaired) electrons. The Morgan fingerprint density at radius 1 is 1.13 bits per heavy atom. The van der Waals surface area contributed by atoms with Crippen molar-refractivity contribution < 1.29 is 9.53 Å². The van der Waals surface area contributed by atoms with E-state index in [1.54, 1.807) is 34.2 Å². The average Bonchev–Trinajstić information content (AvgIpc) is 3.60. The number of fused-ring (bicyclic) bond motifs is 2. The van der Waals surface area contributed by atoms with Crippen LogP contribution in [0, 0.1) is 0 Å². The molecule has 38 heavy (non-hydrogen) atoms. The lowest BCUT2D eigenvalue weighted by molar-refractivity contribution is 0.0420. The number of aryl methyl sites for hydroxylation is 1. The molecule has 0 unspecified atom stereocenters. The molecule has 9 nitrogen and oxygen atoms in total. The summed E-state index contributed by atoms with van der Waals surface area (Å²) in [6.45, 7) is 6.28. The van der Waals surface area contributed by atoms with Crippen molar-refractivity contribution in [3.05, 3.63) is 58.1 Å². The van der Waals surface area contributed by atoms with Crippen LogP contribution >= 0.6 is 11.3 Å². The van der Waals surface area contributed by atoms with Gasteiger partial charge in [0, 0.05) is 56.5 Å². The highest BCUT2D eigenvalue weighted by atomic mass is 32.1. The topological polar surface area (TPSA) is 85.0 Å². The van der Waals surface area contributed by atoms with Crippen LogP contribution < -0.4 is 10.3 Å². The molecule has 10 heteroatoms. The van der Waals surface area contributed by atoms with Crippen molar-refractivity contribution in [3.63, 3.8) is 0 Å². The van der Waals surface area contributed by atoms with Gasteiger partial charge in [-0.2, -0.15) is 0 Å². The minimum Gasteiger partial charge on any atom is -0.467 e. The quantitative estimate of drug-likeness (QED) is 0.356. The second-order valence-corrected chi connectivity index (χ2v) is 11.1. The van der Waals surface area contributed by atoms with E-state index in [9.17, 15) is 9.59 Å². The molecule has 4 aromatic heterocycles. The van der Waals surface area contributed by atoms with Gasteiger partial charge in [-0.1, -0.05) is 30.7 Å². The summed E-state index contributed by atoms with van der Waals surface area (Å²) >= 11 is 1.55. The molecule has 2 aliphatic rings. The second-order valence-electron chi connectivity index (χ2n) is 10.3. The van der Waals surface area contributed by atoms with E-state index in [0.717, 1.165) is 69.9 Å². The minimum atomic E-state index is -0.129. The Kier molecular flexibility index (Phi) is 7.16. The first kappa shape index (κ1) is 25.1. The number of thiazole rings is 1. The van der Waals surface area contributed by atoms with Crippen molar-refractivity contribution in [2.24, 2.45) is 0 Å². The molecule has 2 aliphatic heterocycles. The number of aromatic nitrogens is 4. The summed E-state index contributed by atoms with van der Waals surface area (Å²) in [4.78, 5) is 40.5. The summed E-state index contributed by atoms with van der Waals surface area (Å²) in [6, 6.07) is 7.78. The Hall–Kier alpha value is -3.24. The SMILES string of the molecule is CCCCn1c(C(=O)N2CCC(N3CCC(Oc4nccs4)CC3)CC2)cc2c(=O)n3ccccc3nc21. The highest BCUT2D eigenvalue weighted by Gasteiger charge is 2.32. The van der Waals surface area contributed by atoms with Crippen LogP contribution in [0.25, 0.3) is 16.7 Å². The van der Waals surface area contributed by atoms with Gasteiger partial charge in [-0.25, -0.2) is 9.97 Å². The number of amides is 1. The summed E-state index contributed by atoms with van der Waals surface area (Å²) in [5.41, 5.74) is 1.65. The molecule has 0 N–H and O–H groups in total. The van der Waals surface area contributed by atoms with E-state index >= 15 is 0 Å². The third-order valence-corrected chi connectivity index (χ3v) is 8.61. The minimum absolute atomic E-state index is 0.00145. The molecule has 0 bridgehead atoms. The van der Waals surface area contributed by atoms with E-state index in [2.05, 4.69) is 16.8 Å². The van der Waals surface area contributed by atoms with E-state index in [-0.39, 0.29) is 17.6 Å². The predicted molar refractivity (Wildman–Crippen MR) is 148 cm³/mol. The number of rotatable bonds is 7. The maximum absolute atomic E-state index is 13.8. The van der Waals surface area contributed by atoms with Gasteiger partial charge in [-0.15, -0.1) is 0 Å². The first-order valence-corrected chi connectivity index (χ1v) is 14.6. The average molecular weight is 535 g/mol. The summed E-state index contributed by atoms with van der Waals surface area (Å²) in [5.74, 6) is 0.00145. The van der Waals surface area contributed by atoms with Crippen molar-refractivity contribution in [2.45, 2.75) is 64.1 Å². The van der Waals surface area contributed by atoms with Gasteiger partial charge >= 0.3 is 0 Å². The van der Waals surface area contributed by atoms with E-state index < -0.39 is 0 Å². The third kappa shape index (κ3) is 4.82. The smallest absolute Gasteiger partial charge is 0.273 e. The molecule has 2 fully saturated rings. The zero-order valence-electron chi connectivity index (χ0n) is 21.8. The summed E-state index contributed by atoms with van der Waals surface area (Å²) in [7, 11) is 0. The molecule has 0 aliphatic carbocycles. The van der Waals surface area contributed by atoms with Crippen molar-refractivity contribution in [3.8, 4) is 5.19 Å². The fourth-order valence-electron chi connectivity index (χ4n) is 5.84. The van der Waals surface area contributed by atoms with Gasteiger partial charge in [0.25, 0.3) is 16.7 Å². The van der Waals surface area contributed by atoms with Crippen molar-refractivity contribution >= 4 is 33.9 Å². The molecule has 6 rings (SSSR count). The maximum atomic E-state index is 13.8. The second kappa shape index (κ2) is 10.9. The number of hydrogen-bond donors (Lipinski definition) is 0. The van der Waals surface area contributed by atoms with Crippen LogP contribution in [0.4, 0.5) is 0 Å². The first-order chi connectivity index (χ1) is 18.6. The van der Waals surface area contributed by atoms with E-state index in [4.69, 9.17) is 9.72 Å². The Labute approximate surface area is 225 Å². The summed E-state index contributed by atoms with van der Waals surface area (Å²) < 4.78 is 9.54. The predicted octanol–water partition coefficient (Wildman–Crippen LogP) is 4.05. The van der Waals surface area contributed by atoms with Crippen LogP contribution in [0.3, 0.4) is 0 Å². The maximum Gasteiger partial charge on any atom is 0.273 e. The van der Waals surface area contributed by atoms with E-state index in [1.807, 2.05) is 33.0 Å². The van der Waals surface area contributed by atoms with Crippen LogP contribution in [0.15, 0.2) is 46.8 Å². The van der Waals surface area contributed by atoms with Crippen LogP contribution in [0.5, 0.6) is 5.19 Å². The summed E-state index contributed by atoms with van der Waals surface area (Å²) in [6.07, 6.45) is 9.60. The monoisotopic (exact) mass is 534 g/mol. The van der Waals surface area contributed by atoms with Crippen molar-refractivity contribution in [1.29, 1.82) is 0 Å². The number of carbonyl (C=O) groups is 1. The number of unbranched alkanes of at least 4 members (excludes halogenated alkanes) is 1. The standard InChI is InChI=1S/C28H34N6O3S/c1-2-3-12-33-23(19-22-25(33)30-24-6-4-5-13-34(24)26(22)35)27(36)32-14-7-20(8-15-32)31-16-9-21(10-17-31)37-28-29-11-18-38-28/h4-6,11,13,18-21H,2-3,7-10,12,14-17H2,1H3. The number of hydrogen-bond acceptors (Lipinski definition) is 7. The van der Waals surface area contributed by atoms with Crippen LogP contribution in [0.2, 0.25) is 0 Å². The molecule has 0 atom stereocenters. The number of likely N-dealkylation sites (tertiary alicyclic amines) is 2. The lowest BCUT2D eigenvalue weighted by Crippen LogP contribution is -2.50. The van der Waals surface area contributed by atoms with Crippen molar-refractivity contribution in [2.75, 3.05) is 26.2 Å². The Bertz CT molecular complexity index is 1460. The number of carbonyl (C=O) groups excluding carboxylic acids is 1. The molecule has 0 saturated carbocycles. The van der Waals surface area contributed by atoms with Gasteiger partial charge in [0.2, 0.25) is 0 Å². The lowest BCUT2D eigenvalue weighted by Gasteiger charge is -2.41. The van der Waals surface area contributed by atoms with Crippen LogP contribution in [0.1, 0.15) is 55.9 Å². The van der Waals surface area contributed by atoms with Gasteiger partial charge in [-0.3, -0.25) is 18.9 Å². The molecule has 0 aromatic carbocycles. The number of ether oxygens (including phenoxy) is 1. The highest BCUT2D eigenvalue weighted by Crippen LogP contribution is 2.26. The number of pyridine rings is 1. The number of nitrogens with zero attached hydrogens (tertiary/aromatic N) is 6. The lowest BCUT2D eigenvalue weighted by atomic mass is 9.98. The highest BCUT2D eigenvalue weighted by molar-refractivity contribution is 7.11. The number of piperidine rings is 2. The third-order valence-electron chi connectivity index (χ3n) is 7.95. The first-order valence-electron chi connectivity index (χ1n) is 13.7. The molecular weight excluding hydrogens is 500 g/mol. The van der Waals surface area contributed by atoms with Gasteiger partial charge in [0.15, 0.2) is 0 Å². The fraction of sp³-hybridized carbons (Fsp3) is 0.500. The van der Waals surface area contributed by atoms with Crippen LogP contribution in [-0.2, 0) is 6.54 Å². The van der Waals surface area contributed by atoms with E-state index in [0.29, 0.717) is 35.0 Å². The Balaban J connectivity index is 1.15. The van der Waals surface area contributed by atoms with Gasteiger partial charge < -0.3 is 14.2 Å². The van der Waals surface area contributed by atoms with Gasteiger partial charge in [0.05, 0.1) is 5.39 Å². The van der Waals surface area contributed by atoms with E-state index in [1.165, 1.54) is 0 Å². The fourth-order valence-corrected chi connectivity index (χ4v) is 6.39.